The minimum absolute atomic E-state index is 0.0412. The number of hydrogen-bond acceptors (Lipinski definition) is 5. The quantitative estimate of drug-likeness (QED) is 0.725. The van der Waals surface area contributed by atoms with Gasteiger partial charge in [0.15, 0.2) is 0 Å². The average Bonchev–Trinajstić information content (AvgIpc) is 3.02. The molecule has 138 valence electrons. The number of anilines is 2. The maximum atomic E-state index is 11.5. The molecule has 0 spiro atoms. The van der Waals surface area contributed by atoms with E-state index >= 15 is 0 Å². The zero-order chi connectivity index (χ0) is 19.0. The molecule has 2 N–H and O–H groups in total. The third-order valence-electron chi connectivity index (χ3n) is 4.25. The standard InChI is InChI=1S/C19H19N5O2S/c1-13-8-10-14(11-9-13)16-12-17(15-6-4-3-5-7-15)24-19(20-16)21-18(22-24)23-27(2,25)26/h3-12,17H,1-2H3,(H2,20,21,22,23). The first kappa shape index (κ1) is 17.3. The Labute approximate surface area is 157 Å². The molecule has 8 heteroatoms. The highest BCUT2D eigenvalue weighted by Gasteiger charge is 2.25. The maximum absolute atomic E-state index is 11.5. The molecule has 27 heavy (non-hydrogen) atoms. The van der Waals surface area contributed by atoms with E-state index in [1.807, 2.05) is 61.5 Å². The number of hydrogen-bond donors (Lipinski definition) is 2. The third kappa shape index (κ3) is 3.70. The van der Waals surface area contributed by atoms with Crippen molar-refractivity contribution >= 4 is 27.6 Å². The number of aryl methyl sites for hydroxylation is 1. The lowest BCUT2D eigenvalue weighted by atomic mass is 10.0. The second kappa shape index (κ2) is 6.55. The molecule has 7 nitrogen and oxygen atoms in total. The number of allylic oxidation sites excluding steroid dienone is 1. The minimum Gasteiger partial charge on any atom is -0.324 e. The molecule has 4 rings (SSSR count). The summed E-state index contributed by atoms with van der Waals surface area (Å²) in [4.78, 5) is 4.31. The van der Waals surface area contributed by atoms with Crippen LogP contribution in [-0.2, 0) is 10.0 Å². The fourth-order valence-electron chi connectivity index (χ4n) is 2.99. The van der Waals surface area contributed by atoms with Gasteiger partial charge in [-0.2, -0.15) is 4.98 Å². The van der Waals surface area contributed by atoms with Crippen LogP contribution in [0.5, 0.6) is 0 Å². The van der Waals surface area contributed by atoms with Crippen LogP contribution in [0.4, 0.5) is 11.9 Å². The van der Waals surface area contributed by atoms with E-state index in [1.54, 1.807) is 4.68 Å². The molecule has 0 radical (unpaired) electrons. The molecule has 1 unspecified atom stereocenters. The molecule has 1 aromatic heterocycles. The molecule has 1 aliphatic heterocycles. The predicted octanol–water partition coefficient (Wildman–Crippen LogP) is 3.01. The van der Waals surface area contributed by atoms with Crippen molar-refractivity contribution in [1.82, 2.24) is 14.8 Å². The number of fused-ring (bicyclic) bond motifs is 1. The first-order valence-electron chi connectivity index (χ1n) is 8.44. The smallest absolute Gasteiger partial charge is 0.257 e. The van der Waals surface area contributed by atoms with Crippen molar-refractivity contribution < 1.29 is 8.42 Å². The van der Waals surface area contributed by atoms with E-state index in [0.717, 1.165) is 23.1 Å². The second-order valence-corrected chi connectivity index (χ2v) is 8.25. The summed E-state index contributed by atoms with van der Waals surface area (Å²) in [6.07, 6.45) is 3.14. The Morgan fingerprint density at radius 2 is 1.78 bits per heavy atom. The van der Waals surface area contributed by atoms with Crippen molar-refractivity contribution in [2.24, 2.45) is 0 Å². The molecule has 0 saturated heterocycles. The van der Waals surface area contributed by atoms with Gasteiger partial charge in [0.05, 0.1) is 6.26 Å². The normalized spacial score (nSPS) is 16.2. The van der Waals surface area contributed by atoms with Crippen molar-refractivity contribution in [2.75, 3.05) is 16.3 Å². The van der Waals surface area contributed by atoms with Crippen LogP contribution < -0.4 is 10.0 Å². The molecule has 0 fully saturated rings. The van der Waals surface area contributed by atoms with E-state index in [2.05, 4.69) is 26.2 Å². The molecule has 0 aliphatic carbocycles. The summed E-state index contributed by atoms with van der Waals surface area (Å²) in [5.74, 6) is 0.521. The zero-order valence-electron chi connectivity index (χ0n) is 14.9. The van der Waals surface area contributed by atoms with Crippen LogP contribution in [0.2, 0.25) is 0 Å². The largest absolute Gasteiger partial charge is 0.324 e. The second-order valence-electron chi connectivity index (χ2n) is 6.50. The summed E-state index contributed by atoms with van der Waals surface area (Å²) >= 11 is 0. The first-order valence-corrected chi connectivity index (χ1v) is 10.3. The Balaban J connectivity index is 1.80. The van der Waals surface area contributed by atoms with Gasteiger partial charge in [0.2, 0.25) is 16.0 Å². The van der Waals surface area contributed by atoms with Crippen LogP contribution in [-0.4, -0.2) is 29.4 Å². The molecular formula is C19H19N5O2S. The lowest BCUT2D eigenvalue weighted by Crippen LogP contribution is -2.20. The third-order valence-corrected chi connectivity index (χ3v) is 4.80. The molecule has 2 aromatic carbocycles. The Hall–Kier alpha value is -3.13. The molecule has 0 amide bonds. The Morgan fingerprint density at radius 1 is 1.07 bits per heavy atom. The topological polar surface area (TPSA) is 88.9 Å². The number of nitrogens with zero attached hydrogens (tertiary/aromatic N) is 3. The molecule has 1 aliphatic rings. The average molecular weight is 381 g/mol. The van der Waals surface area contributed by atoms with E-state index in [1.165, 1.54) is 5.56 Å². The van der Waals surface area contributed by atoms with Gasteiger partial charge in [0.25, 0.3) is 5.95 Å². The summed E-state index contributed by atoms with van der Waals surface area (Å²) in [7, 11) is -3.46. The summed E-state index contributed by atoms with van der Waals surface area (Å²) < 4.78 is 27.1. The number of benzene rings is 2. The number of nitrogens with one attached hydrogen (secondary N) is 2. The van der Waals surface area contributed by atoms with E-state index in [9.17, 15) is 8.42 Å². The van der Waals surface area contributed by atoms with Crippen molar-refractivity contribution in [3.63, 3.8) is 0 Å². The van der Waals surface area contributed by atoms with Crippen molar-refractivity contribution in [3.8, 4) is 0 Å². The maximum Gasteiger partial charge on any atom is 0.257 e. The fraction of sp³-hybridized carbons (Fsp3) is 0.158. The highest BCUT2D eigenvalue weighted by atomic mass is 32.2. The van der Waals surface area contributed by atoms with E-state index in [0.29, 0.717) is 5.95 Å². The molecule has 1 atom stereocenters. The minimum atomic E-state index is -3.46. The SMILES string of the molecule is Cc1ccc(C2=CC(c3ccccc3)n3nc(NS(C)(=O)=O)nc3N2)cc1. The Morgan fingerprint density at radius 3 is 2.44 bits per heavy atom. The van der Waals surface area contributed by atoms with Crippen LogP contribution in [0, 0.1) is 6.92 Å². The fourth-order valence-corrected chi connectivity index (χ4v) is 3.41. The first-order chi connectivity index (χ1) is 12.9. The summed E-state index contributed by atoms with van der Waals surface area (Å²) in [6.45, 7) is 2.04. The van der Waals surface area contributed by atoms with Crippen molar-refractivity contribution in [1.29, 1.82) is 0 Å². The lowest BCUT2D eigenvalue weighted by molar-refractivity contribution is 0.603. The van der Waals surface area contributed by atoms with Crippen LogP contribution in [0.3, 0.4) is 0 Å². The predicted molar refractivity (Wildman–Crippen MR) is 106 cm³/mol. The Kier molecular flexibility index (Phi) is 4.19. The van der Waals surface area contributed by atoms with Gasteiger partial charge < -0.3 is 5.32 Å². The highest BCUT2D eigenvalue weighted by molar-refractivity contribution is 7.91. The van der Waals surface area contributed by atoms with Gasteiger partial charge in [0.1, 0.15) is 6.04 Å². The van der Waals surface area contributed by atoms with E-state index in [4.69, 9.17) is 0 Å². The zero-order valence-corrected chi connectivity index (χ0v) is 15.7. The van der Waals surface area contributed by atoms with Crippen molar-refractivity contribution in [2.45, 2.75) is 13.0 Å². The molecular weight excluding hydrogens is 362 g/mol. The van der Waals surface area contributed by atoms with Crippen molar-refractivity contribution in [3.05, 3.63) is 77.4 Å². The molecule has 3 aromatic rings. The van der Waals surface area contributed by atoms with E-state index < -0.39 is 10.0 Å². The molecule has 0 saturated carbocycles. The number of aromatic nitrogens is 3. The summed E-state index contributed by atoms with van der Waals surface area (Å²) in [5, 5.41) is 7.60. The van der Waals surface area contributed by atoms with Gasteiger partial charge in [-0.15, -0.1) is 5.10 Å². The summed E-state index contributed by atoms with van der Waals surface area (Å²) in [5.41, 5.74) is 4.13. The monoisotopic (exact) mass is 381 g/mol. The van der Waals surface area contributed by atoms with Crippen LogP contribution in [0.15, 0.2) is 60.7 Å². The van der Waals surface area contributed by atoms with Gasteiger partial charge in [0, 0.05) is 5.70 Å². The van der Waals surface area contributed by atoms with E-state index in [-0.39, 0.29) is 12.0 Å². The van der Waals surface area contributed by atoms with Crippen LogP contribution in [0.1, 0.15) is 22.7 Å². The van der Waals surface area contributed by atoms with Gasteiger partial charge in [-0.3, -0.25) is 4.72 Å². The molecule has 0 bridgehead atoms. The lowest BCUT2D eigenvalue weighted by Gasteiger charge is -2.24. The molecule has 2 heterocycles. The van der Waals surface area contributed by atoms with Gasteiger partial charge in [-0.25, -0.2) is 13.1 Å². The van der Waals surface area contributed by atoms with Crippen LogP contribution >= 0.6 is 0 Å². The number of sulfonamides is 1. The number of rotatable bonds is 4. The van der Waals surface area contributed by atoms with Gasteiger partial charge >= 0.3 is 0 Å². The van der Waals surface area contributed by atoms with Gasteiger partial charge in [-0.1, -0.05) is 60.2 Å². The Bertz CT molecular complexity index is 1100. The van der Waals surface area contributed by atoms with Gasteiger partial charge in [-0.05, 0) is 24.1 Å². The van der Waals surface area contributed by atoms with Crippen LogP contribution in [0.25, 0.3) is 5.70 Å². The highest BCUT2D eigenvalue weighted by Crippen LogP contribution is 2.33. The summed E-state index contributed by atoms with van der Waals surface area (Å²) in [6, 6.07) is 17.9.